The molecule has 0 bridgehead atoms. The van der Waals surface area contributed by atoms with Crippen LogP contribution in [0.2, 0.25) is 0 Å². The second kappa shape index (κ2) is 4.84. The summed E-state index contributed by atoms with van der Waals surface area (Å²) in [7, 11) is 3.87. The lowest BCUT2D eigenvalue weighted by molar-refractivity contribution is 0.0891. The van der Waals surface area contributed by atoms with Gasteiger partial charge in [-0.2, -0.15) is 0 Å². The van der Waals surface area contributed by atoms with Crippen LogP contribution in [0.25, 0.3) is 0 Å². The fourth-order valence-electron chi connectivity index (χ4n) is 2.10. The number of carbonyl (C=O) groups excluding carboxylic acids is 1. The molecule has 0 aliphatic carbocycles. The van der Waals surface area contributed by atoms with Gasteiger partial charge in [-0.1, -0.05) is 0 Å². The zero-order chi connectivity index (χ0) is 12.4. The molecule has 0 radical (unpaired) electrons. The number of carbonyl (C=O) groups is 1. The van der Waals surface area contributed by atoms with Crippen molar-refractivity contribution in [2.24, 2.45) is 5.92 Å². The minimum atomic E-state index is -0.373. The second-order valence-corrected chi connectivity index (χ2v) is 4.60. The zero-order valence-corrected chi connectivity index (χ0v) is 10.1. The van der Waals surface area contributed by atoms with Crippen molar-refractivity contribution >= 4 is 5.78 Å². The maximum atomic E-state index is 13.1. The molecule has 0 saturated carbocycles. The van der Waals surface area contributed by atoms with E-state index in [0.717, 1.165) is 0 Å². The van der Waals surface area contributed by atoms with Crippen LogP contribution in [0, 0.1) is 11.7 Å². The van der Waals surface area contributed by atoms with E-state index in [1.54, 1.807) is 0 Å². The molecule has 2 rings (SSSR count). The lowest BCUT2D eigenvalue weighted by Crippen LogP contribution is -2.27. The van der Waals surface area contributed by atoms with Gasteiger partial charge in [-0.15, -0.1) is 0 Å². The number of ether oxygens (including phenoxy) is 1. The average Bonchev–Trinajstić information content (AvgIpc) is 2.39. The summed E-state index contributed by atoms with van der Waals surface area (Å²) in [4.78, 5) is 14.2. The first-order valence-corrected chi connectivity index (χ1v) is 5.69. The van der Waals surface area contributed by atoms with Gasteiger partial charge in [-0.3, -0.25) is 4.79 Å². The van der Waals surface area contributed by atoms with Crippen LogP contribution in [0.15, 0.2) is 18.2 Å². The molecule has 1 aliphatic rings. The number of fused-ring (bicyclic) bond motifs is 1. The van der Waals surface area contributed by atoms with Gasteiger partial charge in [0.25, 0.3) is 0 Å². The molecule has 1 aromatic rings. The molecule has 0 amide bonds. The summed E-state index contributed by atoms with van der Waals surface area (Å²) in [5.41, 5.74) is 0.496. The standard InChI is InChI=1S/C13H16FNO2/c1-15(2)8-9-5-6-17-12-7-10(14)3-4-11(12)13(9)16/h3-4,7,9H,5-6,8H2,1-2H3. The number of rotatable bonds is 2. The van der Waals surface area contributed by atoms with Crippen LogP contribution in [0.3, 0.4) is 0 Å². The Morgan fingerprint density at radius 1 is 1.47 bits per heavy atom. The van der Waals surface area contributed by atoms with Crippen LogP contribution < -0.4 is 4.74 Å². The highest BCUT2D eigenvalue weighted by atomic mass is 19.1. The molecule has 0 spiro atoms. The third-order valence-electron chi connectivity index (χ3n) is 2.89. The highest BCUT2D eigenvalue weighted by molar-refractivity contribution is 6.00. The maximum absolute atomic E-state index is 13.1. The van der Waals surface area contributed by atoms with E-state index in [1.807, 2.05) is 19.0 Å². The van der Waals surface area contributed by atoms with E-state index in [4.69, 9.17) is 4.74 Å². The third kappa shape index (κ3) is 2.64. The van der Waals surface area contributed by atoms with E-state index in [9.17, 15) is 9.18 Å². The molecule has 0 N–H and O–H groups in total. The highest BCUT2D eigenvalue weighted by Crippen LogP contribution is 2.27. The van der Waals surface area contributed by atoms with Crippen molar-refractivity contribution in [1.29, 1.82) is 0 Å². The molecule has 1 atom stereocenters. The highest BCUT2D eigenvalue weighted by Gasteiger charge is 2.26. The van der Waals surface area contributed by atoms with Crippen molar-refractivity contribution in [1.82, 2.24) is 4.90 Å². The number of ketones is 1. The molecule has 1 aromatic carbocycles. The molecule has 92 valence electrons. The van der Waals surface area contributed by atoms with Crippen LogP contribution in [-0.4, -0.2) is 37.9 Å². The number of hydrogen-bond acceptors (Lipinski definition) is 3. The van der Waals surface area contributed by atoms with Crippen LogP contribution in [0.4, 0.5) is 4.39 Å². The SMILES string of the molecule is CN(C)CC1CCOc2cc(F)ccc2C1=O. The van der Waals surface area contributed by atoms with E-state index in [-0.39, 0.29) is 17.5 Å². The fraction of sp³-hybridized carbons (Fsp3) is 0.462. The lowest BCUT2D eigenvalue weighted by Gasteiger charge is -2.17. The number of hydrogen-bond donors (Lipinski definition) is 0. The first-order chi connectivity index (χ1) is 8.08. The van der Waals surface area contributed by atoms with Crippen molar-refractivity contribution in [3.8, 4) is 5.75 Å². The van der Waals surface area contributed by atoms with Crippen molar-refractivity contribution in [3.05, 3.63) is 29.6 Å². The van der Waals surface area contributed by atoms with E-state index < -0.39 is 0 Å². The van der Waals surface area contributed by atoms with Gasteiger partial charge in [-0.05, 0) is 32.6 Å². The van der Waals surface area contributed by atoms with Crippen molar-refractivity contribution in [2.75, 3.05) is 27.2 Å². The number of halogens is 1. The predicted octanol–water partition coefficient (Wildman–Crippen LogP) is 1.97. The number of nitrogens with zero attached hydrogens (tertiary/aromatic N) is 1. The van der Waals surface area contributed by atoms with Gasteiger partial charge < -0.3 is 9.64 Å². The van der Waals surface area contributed by atoms with Gasteiger partial charge in [0.2, 0.25) is 0 Å². The van der Waals surface area contributed by atoms with E-state index >= 15 is 0 Å². The Kier molecular flexibility index (Phi) is 3.43. The quantitative estimate of drug-likeness (QED) is 0.787. The third-order valence-corrected chi connectivity index (χ3v) is 2.89. The first-order valence-electron chi connectivity index (χ1n) is 5.69. The summed E-state index contributed by atoms with van der Waals surface area (Å²) in [5.74, 6) is -0.0261. The Bertz CT molecular complexity index is 431. The Hall–Kier alpha value is -1.42. The van der Waals surface area contributed by atoms with Crippen LogP contribution in [-0.2, 0) is 0 Å². The summed E-state index contributed by atoms with van der Waals surface area (Å²) in [5, 5.41) is 0. The molecule has 0 aromatic heterocycles. The van der Waals surface area contributed by atoms with Crippen molar-refractivity contribution in [2.45, 2.75) is 6.42 Å². The van der Waals surface area contributed by atoms with Gasteiger partial charge in [0.1, 0.15) is 11.6 Å². The van der Waals surface area contributed by atoms with Gasteiger partial charge in [0.15, 0.2) is 5.78 Å². The van der Waals surface area contributed by atoms with Crippen LogP contribution in [0.1, 0.15) is 16.8 Å². The van der Waals surface area contributed by atoms with Crippen molar-refractivity contribution < 1.29 is 13.9 Å². The summed E-state index contributed by atoms with van der Waals surface area (Å²) in [6.45, 7) is 1.15. The average molecular weight is 237 g/mol. The Balaban J connectivity index is 2.30. The fourth-order valence-corrected chi connectivity index (χ4v) is 2.10. The minimum Gasteiger partial charge on any atom is -0.493 e. The number of Topliss-reactive ketones (excluding diaryl/α,β-unsaturated/α-hetero) is 1. The molecule has 1 heterocycles. The van der Waals surface area contributed by atoms with E-state index in [2.05, 4.69) is 0 Å². The molecule has 1 unspecified atom stereocenters. The van der Waals surface area contributed by atoms with Crippen LogP contribution >= 0.6 is 0 Å². The molecule has 1 aliphatic heterocycles. The zero-order valence-electron chi connectivity index (χ0n) is 10.1. The summed E-state index contributed by atoms with van der Waals surface area (Å²) >= 11 is 0. The Morgan fingerprint density at radius 2 is 2.24 bits per heavy atom. The normalized spacial score (nSPS) is 19.8. The van der Waals surface area contributed by atoms with E-state index in [0.29, 0.717) is 30.9 Å². The number of benzene rings is 1. The first kappa shape index (κ1) is 12.0. The lowest BCUT2D eigenvalue weighted by atomic mass is 9.95. The maximum Gasteiger partial charge on any atom is 0.171 e. The molecule has 0 saturated heterocycles. The van der Waals surface area contributed by atoms with Gasteiger partial charge in [0.05, 0.1) is 12.2 Å². The largest absolute Gasteiger partial charge is 0.493 e. The minimum absolute atomic E-state index is 0.0474. The second-order valence-electron chi connectivity index (χ2n) is 4.60. The van der Waals surface area contributed by atoms with Gasteiger partial charge in [0, 0.05) is 18.5 Å². The summed E-state index contributed by atoms with van der Waals surface area (Å²) < 4.78 is 18.5. The monoisotopic (exact) mass is 237 g/mol. The summed E-state index contributed by atoms with van der Waals surface area (Å²) in [6, 6.07) is 4.10. The molecule has 0 fully saturated rings. The molecular weight excluding hydrogens is 221 g/mol. The smallest absolute Gasteiger partial charge is 0.171 e. The Morgan fingerprint density at radius 3 is 2.94 bits per heavy atom. The van der Waals surface area contributed by atoms with Gasteiger partial charge >= 0.3 is 0 Å². The van der Waals surface area contributed by atoms with Crippen molar-refractivity contribution in [3.63, 3.8) is 0 Å². The van der Waals surface area contributed by atoms with E-state index in [1.165, 1.54) is 18.2 Å². The van der Waals surface area contributed by atoms with Gasteiger partial charge in [-0.25, -0.2) is 4.39 Å². The van der Waals surface area contributed by atoms with Crippen LogP contribution in [0.5, 0.6) is 5.75 Å². The molecule has 3 nitrogen and oxygen atoms in total. The molecular formula is C13H16FNO2. The molecule has 17 heavy (non-hydrogen) atoms. The predicted molar refractivity (Wildman–Crippen MR) is 62.9 cm³/mol. The Labute approximate surface area is 100 Å². The topological polar surface area (TPSA) is 29.5 Å². The summed E-state index contributed by atoms with van der Waals surface area (Å²) in [6.07, 6.45) is 0.674. The molecule has 4 heteroatoms.